The lowest BCUT2D eigenvalue weighted by Crippen LogP contribution is -2.46. The zero-order valence-corrected chi connectivity index (χ0v) is 16.8. The van der Waals surface area contributed by atoms with Crippen molar-refractivity contribution >= 4 is 29.1 Å². The lowest BCUT2D eigenvalue weighted by molar-refractivity contribution is -0.127. The number of allylic oxidation sites excluding steroid dienone is 1. The quantitative estimate of drug-likeness (QED) is 0.786. The molecule has 1 atom stereocenters. The van der Waals surface area contributed by atoms with Gasteiger partial charge in [0, 0.05) is 49.4 Å². The Morgan fingerprint density at radius 2 is 2.04 bits per heavy atom. The van der Waals surface area contributed by atoms with Crippen LogP contribution in [0.1, 0.15) is 33.1 Å². The Morgan fingerprint density at radius 1 is 1.30 bits per heavy atom. The molecule has 1 aromatic carbocycles. The van der Waals surface area contributed by atoms with E-state index in [-0.39, 0.29) is 30.2 Å². The molecule has 0 aromatic heterocycles. The second kappa shape index (κ2) is 8.89. The first-order valence-corrected chi connectivity index (χ1v) is 10.0. The van der Waals surface area contributed by atoms with Crippen molar-refractivity contribution in [3.8, 4) is 0 Å². The standard InChI is InChI=1S/C21H28ClN3O2/c1-15(2)6-9-24-10-7-18(8-11-24)23-21(27)16-12-20(26)25(14-16)19-5-3-4-17(22)13-19/h3-6,13,16,18H,7-12,14H2,1-2H3,(H,23,27). The van der Waals surface area contributed by atoms with E-state index in [0.717, 1.165) is 38.2 Å². The summed E-state index contributed by atoms with van der Waals surface area (Å²) in [7, 11) is 0. The zero-order valence-electron chi connectivity index (χ0n) is 16.1. The molecule has 2 fully saturated rings. The monoisotopic (exact) mass is 389 g/mol. The molecule has 2 saturated heterocycles. The summed E-state index contributed by atoms with van der Waals surface area (Å²) in [4.78, 5) is 29.1. The third-order valence-electron chi connectivity index (χ3n) is 5.31. The second-order valence-corrected chi connectivity index (χ2v) is 8.19. The third-order valence-corrected chi connectivity index (χ3v) is 5.54. The number of piperidine rings is 1. The summed E-state index contributed by atoms with van der Waals surface area (Å²) in [5.74, 6) is -0.315. The van der Waals surface area contributed by atoms with Crippen molar-refractivity contribution in [3.05, 3.63) is 40.9 Å². The fraction of sp³-hybridized carbons (Fsp3) is 0.524. The Bertz CT molecular complexity index is 722. The van der Waals surface area contributed by atoms with Gasteiger partial charge in [-0.15, -0.1) is 0 Å². The molecule has 2 amide bonds. The Morgan fingerprint density at radius 3 is 2.70 bits per heavy atom. The number of amides is 2. The minimum atomic E-state index is -0.291. The van der Waals surface area contributed by atoms with E-state index < -0.39 is 0 Å². The van der Waals surface area contributed by atoms with E-state index in [9.17, 15) is 9.59 Å². The van der Waals surface area contributed by atoms with Gasteiger partial charge in [0.2, 0.25) is 11.8 Å². The summed E-state index contributed by atoms with van der Waals surface area (Å²) in [5, 5.41) is 3.76. The first-order valence-electron chi connectivity index (χ1n) is 9.64. The Labute approximate surface area is 166 Å². The topological polar surface area (TPSA) is 52.7 Å². The molecule has 0 aliphatic carbocycles. The van der Waals surface area contributed by atoms with Crippen LogP contribution < -0.4 is 10.2 Å². The number of halogens is 1. The molecule has 0 radical (unpaired) electrons. The van der Waals surface area contributed by atoms with Gasteiger partial charge in [0.15, 0.2) is 0 Å². The summed E-state index contributed by atoms with van der Waals surface area (Å²) in [6.45, 7) is 7.62. The average molecular weight is 390 g/mol. The van der Waals surface area contributed by atoms with Gasteiger partial charge in [-0.25, -0.2) is 0 Å². The minimum absolute atomic E-state index is 0.00405. The predicted molar refractivity (Wildman–Crippen MR) is 109 cm³/mol. The summed E-state index contributed by atoms with van der Waals surface area (Å²) < 4.78 is 0. The van der Waals surface area contributed by atoms with Gasteiger partial charge in [-0.2, -0.15) is 0 Å². The molecule has 1 N–H and O–H groups in total. The third kappa shape index (κ3) is 5.33. The van der Waals surface area contributed by atoms with E-state index in [0.29, 0.717) is 11.6 Å². The summed E-state index contributed by atoms with van der Waals surface area (Å²) in [6, 6.07) is 7.42. The molecule has 0 bridgehead atoms. The summed E-state index contributed by atoms with van der Waals surface area (Å²) in [5.41, 5.74) is 2.09. The minimum Gasteiger partial charge on any atom is -0.353 e. The lowest BCUT2D eigenvalue weighted by Gasteiger charge is -2.32. The summed E-state index contributed by atoms with van der Waals surface area (Å²) >= 11 is 6.03. The molecule has 1 unspecified atom stereocenters. The van der Waals surface area contributed by atoms with E-state index in [2.05, 4.69) is 30.1 Å². The number of carbonyl (C=O) groups excluding carboxylic acids is 2. The fourth-order valence-corrected chi connectivity index (χ4v) is 3.85. The van der Waals surface area contributed by atoms with Crippen LogP contribution in [0.5, 0.6) is 0 Å². The molecule has 146 valence electrons. The van der Waals surface area contributed by atoms with Crippen LogP contribution in [0.3, 0.4) is 0 Å². The highest BCUT2D eigenvalue weighted by Gasteiger charge is 2.36. The maximum atomic E-state index is 12.7. The lowest BCUT2D eigenvalue weighted by atomic mass is 10.0. The Kier molecular flexibility index (Phi) is 6.55. The smallest absolute Gasteiger partial charge is 0.227 e. The van der Waals surface area contributed by atoms with Crippen LogP contribution in [0.15, 0.2) is 35.9 Å². The van der Waals surface area contributed by atoms with Crippen molar-refractivity contribution in [1.29, 1.82) is 0 Å². The van der Waals surface area contributed by atoms with Gasteiger partial charge in [-0.05, 0) is 44.9 Å². The van der Waals surface area contributed by atoms with Crippen LogP contribution >= 0.6 is 11.6 Å². The number of hydrogen-bond acceptors (Lipinski definition) is 3. The number of rotatable bonds is 5. The van der Waals surface area contributed by atoms with E-state index in [1.165, 1.54) is 5.57 Å². The molecule has 0 spiro atoms. The molecule has 5 nitrogen and oxygen atoms in total. The zero-order chi connectivity index (χ0) is 19.4. The number of likely N-dealkylation sites (tertiary alicyclic amines) is 1. The molecule has 1 aromatic rings. The van der Waals surface area contributed by atoms with Crippen LogP contribution in [-0.2, 0) is 9.59 Å². The van der Waals surface area contributed by atoms with E-state index in [1.807, 2.05) is 12.1 Å². The van der Waals surface area contributed by atoms with Gasteiger partial charge in [0.25, 0.3) is 0 Å². The van der Waals surface area contributed by atoms with E-state index in [1.54, 1.807) is 17.0 Å². The van der Waals surface area contributed by atoms with Gasteiger partial charge in [-0.3, -0.25) is 14.5 Å². The van der Waals surface area contributed by atoms with Gasteiger partial charge >= 0.3 is 0 Å². The number of hydrogen-bond donors (Lipinski definition) is 1. The maximum absolute atomic E-state index is 12.7. The number of nitrogens with one attached hydrogen (secondary N) is 1. The number of carbonyl (C=O) groups is 2. The van der Waals surface area contributed by atoms with Crippen molar-refractivity contribution in [1.82, 2.24) is 10.2 Å². The van der Waals surface area contributed by atoms with Crippen LogP contribution in [0, 0.1) is 5.92 Å². The van der Waals surface area contributed by atoms with Crippen molar-refractivity contribution in [2.75, 3.05) is 31.1 Å². The van der Waals surface area contributed by atoms with Crippen molar-refractivity contribution in [2.45, 2.75) is 39.2 Å². The predicted octanol–water partition coefficient (Wildman–Crippen LogP) is 3.24. The van der Waals surface area contributed by atoms with Crippen LogP contribution in [-0.4, -0.2) is 48.9 Å². The van der Waals surface area contributed by atoms with Crippen LogP contribution in [0.25, 0.3) is 0 Å². The van der Waals surface area contributed by atoms with Crippen molar-refractivity contribution in [3.63, 3.8) is 0 Å². The highest BCUT2D eigenvalue weighted by Crippen LogP contribution is 2.27. The molecular formula is C21H28ClN3O2. The SMILES string of the molecule is CC(C)=CCN1CCC(NC(=O)C2CC(=O)N(c3cccc(Cl)c3)C2)CC1. The highest BCUT2D eigenvalue weighted by atomic mass is 35.5. The summed E-state index contributed by atoms with van der Waals surface area (Å²) in [6.07, 6.45) is 4.42. The first-order chi connectivity index (χ1) is 12.9. The van der Waals surface area contributed by atoms with E-state index >= 15 is 0 Å². The Hall–Kier alpha value is -1.85. The molecule has 3 rings (SSSR count). The largest absolute Gasteiger partial charge is 0.353 e. The van der Waals surface area contributed by atoms with Crippen molar-refractivity contribution in [2.24, 2.45) is 5.92 Å². The Balaban J connectivity index is 1.49. The first kappa shape index (κ1) is 19.9. The molecule has 6 heteroatoms. The molecular weight excluding hydrogens is 362 g/mol. The van der Waals surface area contributed by atoms with Gasteiger partial charge < -0.3 is 10.2 Å². The molecule has 27 heavy (non-hydrogen) atoms. The molecule has 2 heterocycles. The highest BCUT2D eigenvalue weighted by molar-refractivity contribution is 6.31. The second-order valence-electron chi connectivity index (χ2n) is 7.75. The fourth-order valence-electron chi connectivity index (χ4n) is 3.67. The number of benzene rings is 1. The number of anilines is 1. The number of nitrogens with zero attached hydrogens (tertiary/aromatic N) is 2. The molecule has 2 aliphatic rings. The van der Waals surface area contributed by atoms with Gasteiger partial charge in [-0.1, -0.05) is 29.3 Å². The normalized spacial score (nSPS) is 21.4. The molecule has 0 saturated carbocycles. The van der Waals surface area contributed by atoms with Gasteiger partial charge in [0.1, 0.15) is 0 Å². The van der Waals surface area contributed by atoms with Gasteiger partial charge in [0.05, 0.1) is 5.92 Å². The van der Waals surface area contributed by atoms with E-state index in [4.69, 9.17) is 11.6 Å². The van der Waals surface area contributed by atoms with Crippen molar-refractivity contribution < 1.29 is 9.59 Å². The average Bonchev–Trinajstić information content (AvgIpc) is 3.03. The van der Waals surface area contributed by atoms with Crippen LogP contribution in [0.2, 0.25) is 5.02 Å². The molecule has 2 aliphatic heterocycles. The van der Waals surface area contributed by atoms with Crippen LogP contribution in [0.4, 0.5) is 5.69 Å². The maximum Gasteiger partial charge on any atom is 0.227 e.